The molecule has 5 N–H and O–H groups in total. The van der Waals surface area contributed by atoms with Gasteiger partial charge in [0.25, 0.3) is 20.2 Å². The van der Waals surface area contributed by atoms with Crippen molar-refractivity contribution in [3.8, 4) is 5.75 Å². The van der Waals surface area contributed by atoms with Gasteiger partial charge in [-0.2, -0.15) is 16.8 Å². The summed E-state index contributed by atoms with van der Waals surface area (Å²) in [6, 6.07) is 6.43. The van der Waals surface area contributed by atoms with Gasteiger partial charge in [-0.25, -0.2) is 13.6 Å². The van der Waals surface area contributed by atoms with Crippen LogP contribution in [0.1, 0.15) is 4.28 Å². The van der Waals surface area contributed by atoms with Gasteiger partial charge in [-0.3, -0.25) is 9.11 Å². The third-order valence-electron chi connectivity index (χ3n) is 4.63. The monoisotopic (exact) mass is 529 g/mol. The van der Waals surface area contributed by atoms with Crippen molar-refractivity contribution in [3.63, 3.8) is 0 Å². The first-order valence-electron chi connectivity index (χ1n) is 7.66. The molecule has 0 aliphatic heterocycles. The van der Waals surface area contributed by atoms with Crippen LogP contribution in [0.25, 0.3) is 32.3 Å². The molecule has 16 heteroatoms. The molecule has 0 radical (unpaired) electrons. The molecule has 4 aromatic carbocycles. The van der Waals surface area contributed by atoms with Gasteiger partial charge >= 0.3 is 88.7 Å². The summed E-state index contributed by atoms with van der Waals surface area (Å²) in [4.78, 5) is -2.09. The molecule has 0 atom stereocenters. The van der Waals surface area contributed by atoms with Crippen molar-refractivity contribution in [2.24, 2.45) is 5.14 Å². The van der Waals surface area contributed by atoms with Gasteiger partial charge in [0.1, 0.15) is 15.5 Å². The van der Waals surface area contributed by atoms with Crippen LogP contribution in [0.3, 0.4) is 0 Å². The zero-order chi connectivity index (χ0) is 21.5. The van der Waals surface area contributed by atoms with Gasteiger partial charge in [0, 0.05) is 38.4 Å². The average Bonchev–Trinajstić information content (AvgIpc) is 2.57. The molecule has 0 spiro atoms. The SMILES string of the molecule is NS(=O)(=O)c1cc(O)c2ccc3c(S(=O)(=O)O)cc(S(=O)(=O)O)c4ccc1c2c34.[H-].[H-].[H-].[Na+].[Na+].[Na+]. The number of sulfonamides is 1. The van der Waals surface area contributed by atoms with Crippen LogP contribution in [0, 0.1) is 0 Å². The average molecular weight is 529 g/mol. The minimum Gasteiger partial charge on any atom is -1.00 e. The molecule has 0 fully saturated rings. The van der Waals surface area contributed by atoms with Crippen LogP contribution < -0.4 is 93.8 Å². The van der Waals surface area contributed by atoms with Crippen LogP contribution in [0.5, 0.6) is 5.75 Å². The number of nitrogens with two attached hydrogens (primary N) is 1. The Morgan fingerprint density at radius 1 is 0.625 bits per heavy atom. The van der Waals surface area contributed by atoms with Crippen LogP contribution in [-0.4, -0.2) is 39.5 Å². The second-order valence-electron chi connectivity index (χ2n) is 6.33. The third-order valence-corrected chi connectivity index (χ3v) is 7.36. The standard InChI is InChI=1S/C16H11NO9S3.3Na.3H/c17-27(19,20)12-5-11(18)7-1-2-9-13(28(21,22)23)6-14(29(24,25)26)10-4-3-8(12)15(7)16(9)10;;;;;;/h1-6,18H,(H2,17,19,20)(H,21,22,23)(H,24,25,26);;;;;;/q;3*+1;3*-1. The normalized spacial score (nSPS) is 12.3. The molecule has 0 aliphatic rings. The van der Waals surface area contributed by atoms with Gasteiger partial charge < -0.3 is 9.39 Å². The summed E-state index contributed by atoms with van der Waals surface area (Å²) >= 11 is 0. The van der Waals surface area contributed by atoms with E-state index in [4.69, 9.17) is 5.14 Å². The quantitative estimate of drug-likeness (QED) is 0.114. The predicted molar refractivity (Wildman–Crippen MR) is 106 cm³/mol. The van der Waals surface area contributed by atoms with Crippen molar-refractivity contribution >= 4 is 62.6 Å². The van der Waals surface area contributed by atoms with E-state index in [2.05, 4.69) is 0 Å². The summed E-state index contributed by atoms with van der Waals surface area (Å²) in [7, 11) is -14.2. The van der Waals surface area contributed by atoms with Crippen LogP contribution in [-0.2, 0) is 30.3 Å². The molecule has 0 saturated carbocycles. The smallest absolute Gasteiger partial charge is 1.00 e. The molecule has 10 nitrogen and oxygen atoms in total. The van der Waals surface area contributed by atoms with Crippen molar-refractivity contribution in [1.29, 1.82) is 0 Å². The molecular weight excluding hydrogens is 515 g/mol. The minimum absolute atomic E-state index is 0. The molecule has 4 aromatic rings. The van der Waals surface area contributed by atoms with E-state index >= 15 is 0 Å². The molecule has 158 valence electrons. The molecule has 0 aromatic heterocycles. The number of phenols is 1. The van der Waals surface area contributed by atoms with Crippen LogP contribution in [0.2, 0.25) is 0 Å². The number of primary sulfonamides is 1. The molecular formula is C16H14NNa3O9S3. The zero-order valence-corrected chi connectivity index (χ0v) is 25.5. The van der Waals surface area contributed by atoms with E-state index in [0.29, 0.717) is 6.07 Å². The number of rotatable bonds is 3. The zero-order valence-electron chi connectivity index (χ0n) is 20.1. The number of phenolic OH excluding ortho intramolecular Hbond substituents is 1. The van der Waals surface area contributed by atoms with E-state index in [1.807, 2.05) is 0 Å². The Kier molecular flexibility index (Phi) is 9.37. The topological polar surface area (TPSA) is 189 Å². The fourth-order valence-corrected chi connectivity index (χ4v) is 5.80. The summed E-state index contributed by atoms with van der Waals surface area (Å²) in [6.07, 6.45) is 0. The van der Waals surface area contributed by atoms with Crippen molar-refractivity contribution in [2.75, 3.05) is 0 Å². The van der Waals surface area contributed by atoms with E-state index < -0.39 is 50.7 Å². The maximum Gasteiger partial charge on any atom is 1.00 e. The maximum absolute atomic E-state index is 12.0. The summed E-state index contributed by atoms with van der Waals surface area (Å²) in [5.74, 6) is -0.499. The first-order chi connectivity index (χ1) is 13.2. The van der Waals surface area contributed by atoms with Crippen LogP contribution in [0.15, 0.2) is 51.1 Å². The molecule has 32 heavy (non-hydrogen) atoms. The Hall–Kier alpha value is 0.450. The fraction of sp³-hybridized carbons (Fsp3) is 0. The van der Waals surface area contributed by atoms with E-state index in [9.17, 15) is 39.5 Å². The summed E-state index contributed by atoms with van der Waals surface area (Å²) in [5, 5.41) is 15.2. The second-order valence-corrected chi connectivity index (χ2v) is 10.6. The number of aromatic hydroxyl groups is 1. The van der Waals surface area contributed by atoms with Crippen molar-refractivity contribution in [1.82, 2.24) is 0 Å². The number of benzene rings is 4. The Labute approximate surface area is 253 Å². The van der Waals surface area contributed by atoms with Crippen molar-refractivity contribution in [3.05, 3.63) is 36.4 Å². The van der Waals surface area contributed by atoms with Gasteiger partial charge in [-0.05, 0) is 12.1 Å². The number of hydrogen-bond acceptors (Lipinski definition) is 7. The predicted octanol–water partition coefficient (Wildman–Crippen LogP) is -7.22. The summed E-state index contributed by atoms with van der Waals surface area (Å²) in [5.41, 5.74) is 0. The second kappa shape index (κ2) is 9.84. The van der Waals surface area contributed by atoms with Gasteiger partial charge in [0.2, 0.25) is 10.0 Å². The Morgan fingerprint density at radius 3 is 1.34 bits per heavy atom. The van der Waals surface area contributed by atoms with E-state index in [-0.39, 0.29) is 125 Å². The van der Waals surface area contributed by atoms with Gasteiger partial charge in [0.05, 0.1) is 4.90 Å². The minimum atomic E-state index is -4.94. The first kappa shape index (κ1) is 30.5. The van der Waals surface area contributed by atoms with Crippen LogP contribution in [0.4, 0.5) is 0 Å². The number of hydrogen-bond donors (Lipinski definition) is 4. The van der Waals surface area contributed by atoms with Crippen molar-refractivity contribution < 1.29 is 132 Å². The van der Waals surface area contributed by atoms with E-state index in [0.717, 1.165) is 6.07 Å². The molecule has 0 bridgehead atoms. The van der Waals surface area contributed by atoms with Crippen molar-refractivity contribution in [2.45, 2.75) is 14.7 Å². The molecule has 0 aliphatic carbocycles. The Balaban J connectivity index is -0.00000171. The van der Waals surface area contributed by atoms with Crippen LogP contribution >= 0.6 is 0 Å². The Morgan fingerprint density at radius 2 is 0.969 bits per heavy atom. The van der Waals surface area contributed by atoms with E-state index in [1.54, 1.807) is 0 Å². The van der Waals surface area contributed by atoms with Gasteiger partial charge in [0.15, 0.2) is 0 Å². The Bertz CT molecular complexity index is 1650. The van der Waals surface area contributed by atoms with E-state index in [1.165, 1.54) is 24.3 Å². The van der Waals surface area contributed by atoms with Gasteiger partial charge in [-0.1, -0.05) is 18.2 Å². The molecule has 0 amide bonds. The summed E-state index contributed by atoms with van der Waals surface area (Å²) in [6.45, 7) is 0. The third kappa shape index (κ3) is 5.03. The maximum atomic E-state index is 12.0. The van der Waals surface area contributed by atoms with Gasteiger partial charge in [-0.15, -0.1) is 0 Å². The molecule has 0 heterocycles. The fourth-order valence-electron chi connectivity index (χ4n) is 3.54. The molecule has 4 rings (SSSR count). The first-order valence-corrected chi connectivity index (χ1v) is 12.1. The largest absolute Gasteiger partial charge is 1.00 e. The molecule has 0 saturated heterocycles. The summed E-state index contributed by atoms with van der Waals surface area (Å²) < 4.78 is 90.6. The molecule has 0 unspecified atom stereocenters.